The molecule has 2 heterocycles. The number of rotatable bonds is 5. The molecule has 2 aromatic heterocycles. The largest absolute Gasteiger partial charge is 0.455 e. The van der Waals surface area contributed by atoms with E-state index in [1.807, 2.05) is 48.5 Å². The number of nitrogens with zero attached hydrogens (tertiary/aromatic N) is 3. The minimum atomic E-state index is 0.594. The first-order valence-electron chi connectivity index (χ1n) is 18.5. The van der Waals surface area contributed by atoms with Gasteiger partial charge < -0.3 is 4.42 Å². The van der Waals surface area contributed by atoms with Crippen molar-refractivity contribution >= 4 is 54.3 Å². The van der Waals surface area contributed by atoms with Crippen LogP contribution in [0.25, 0.3) is 111 Å². The van der Waals surface area contributed by atoms with E-state index in [1.165, 1.54) is 27.5 Å². The summed E-state index contributed by atoms with van der Waals surface area (Å²) in [6, 6.07) is 65.8. The normalized spacial score (nSPS) is 11.6. The maximum atomic E-state index is 6.75. The topological polar surface area (TPSA) is 51.8 Å². The van der Waals surface area contributed by atoms with E-state index >= 15 is 0 Å². The highest BCUT2D eigenvalue weighted by molar-refractivity contribution is 6.23. The van der Waals surface area contributed by atoms with E-state index in [9.17, 15) is 0 Å². The first-order chi connectivity index (χ1) is 27.2. The Labute approximate surface area is 317 Å². The highest BCUT2D eigenvalue weighted by Crippen LogP contribution is 2.44. The molecule has 9 aromatic carbocycles. The Morgan fingerprint density at radius 1 is 0.309 bits per heavy atom. The number of furan rings is 1. The first kappa shape index (κ1) is 31.1. The zero-order chi connectivity index (χ0) is 36.3. The lowest BCUT2D eigenvalue weighted by Gasteiger charge is -2.12. The molecule has 0 amide bonds. The summed E-state index contributed by atoms with van der Waals surface area (Å²) in [5.41, 5.74) is 9.11. The molecule has 0 fully saturated rings. The van der Waals surface area contributed by atoms with Crippen LogP contribution in [0.4, 0.5) is 0 Å². The number of aromatic nitrogens is 3. The van der Waals surface area contributed by atoms with Crippen molar-refractivity contribution in [2.24, 2.45) is 0 Å². The van der Waals surface area contributed by atoms with Crippen molar-refractivity contribution in [2.75, 3.05) is 0 Å². The Balaban J connectivity index is 1.14. The monoisotopic (exact) mass is 701 g/mol. The predicted molar refractivity (Wildman–Crippen MR) is 227 cm³/mol. The van der Waals surface area contributed by atoms with Crippen molar-refractivity contribution in [3.63, 3.8) is 0 Å². The Hall–Kier alpha value is -7.43. The fourth-order valence-electron chi connectivity index (χ4n) is 8.05. The molecule has 0 unspecified atom stereocenters. The summed E-state index contributed by atoms with van der Waals surface area (Å²) in [7, 11) is 0. The van der Waals surface area contributed by atoms with E-state index in [2.05, 4.69) is 140 Å². The van der Waals surface area contributed by atoms with Crippen molar-refractivity contribution in [1.82, 2.24) is 15.0 Å². The van der Waals surface area contributed by atoms with E-state index in [4.69, 9.17) is 19.4 Å². The zero-order valence-corrected chi connectivity index (χ0v) is 29.6. The molecule has 0 N–H and O–H groups in total. The lowest BCUT2D eigenvalue weighted by atomic mass is 9.91. The molecule has 0 aliphatic rings. The Morgan fingerprint density at radius 2 is 0.891 bits per heavy atom. The van der Waals surface area contributed by atoms with Gasteiger partial charge in [-0.1, -0.05) is 164 Å². The van der Waals surface area contributed by atoms with Gasteiger partial charge in [0.1, 0.15) is 11.2 Å². The van der Waals surface area contributed by atoms with Crippen LogP contribution < -0.4 is 0 Å². The summed E-state index contributed by atoms with van der Waals surface area (Å²) >= 11 is 0. The quantitative estimate of drug-likeness (QED) is 0.179. The van der Waals surface area contributed by atoms with Gasteiger partial charge in [0.25, 0.3) is 0 Å². The molecule has 0 saturated carbocycles. The second kappa shape index (κ2) is 12.6. The van der Waals surface area contributed by atoms with Gasteiger partial charge >= 0.3 is 0 Å². The lowest BCUT2D eigenvalue weighted by molar-refractivity contribution is 0.673. The number of benzene rings is 9. The van der Waals surface area contributed by atoms with Crippen molar-refractivity contribution < 1.29 is 4.42 Å². The average molecular weight is 702 g/mol. The lowest BCUT2D eigenvalue weighted by Crippen LogP contribution is -2.00. The van der Waals surface area contributed by atoms with Crippen molar-refractivity contribution in [3.8, 4) is 56.4 Å². The Morgan fingerprint density at radius 3 is 1.69 bits per heavy atom. The smallest absolute Gasteiger partial charge is 0.164 e. The summed E-state index contributed by atoms with van der Waals surface area (Å²) in [5.74, 6) is 1.83. The number of hydrogen-bond donors (Lipinski definition) is 0. The zero-order valence-electron chi connectivity index (χ0n) is 29.6. The van der Waals surface area contributed by atoms with Gasteiger partial charge in [0.2, 0.25) is 0 Å². The van der Waals surface area contributed by atoms with Crippen LogP contribution in [0.3, 0.4) is 0 Å². The van der Waals surface area contributed by atoms with Gasteiger partial charge in [-0.2, -0.15) is 0 Å². The summed E-state index contributed by atoms with van der Waals surface area (Å²) in [6.45, 7) is 0. The van der Waals surface area contributed by atoms with Crippen molar-refractivity contribution in [3.05, 3.63) is 188 Å². The molecule has 11 rings (SSSR count). The van der Waals surface area contributed by atoms with Crippen molar-refractivity contribution in [1.29, 1.82) is 0 Å². The minimum absolute atomic E-state index is 0.594. The van der Waals surface area contributed by atoms with Crippen LogP contribution in [0.5, 0.6) is 0 Å². The molecule has 256 valence electrons. The summed E-state index contributed by atoms with van der Waals surface area (Å²) in [6.07, 6.45) is 0. The molecule has 0 bridgehead atoms. The van der Waals surface area contributed by atoms with E-state index in [0.717, 1.165) is 65.7 Å². The van der Waals surface area contributed by atoms with Gasteiger partial charge in [-0.05, 0) is 73.5 Å². The van der Waals surface area contributed by atoms with Crippen LogP contribution in [0.1, 0.15) is 0 Å². The van der Waals surface area contributed by atoms with Gasteiger partial charge in [0.15, 0.2) is 17.5 Å². The average Bonchev–Trinajstić information content (AvgIpc) is 3.65. The molecule has 0 aliphatic heterocycles. The molecular weight excluding hydrogens is 671 g/mol. The second-order valence-corrected chi connectivity index (χ2v) is 14.0. The first-order valence-corrected chi connectivity index (χ1v) is 18.5. The van der Waals surface area contributed by atoms with Crippen LogP contribution >= 0.6 is 0 Å². The molecule has 55 heavy (non-hydrogen) atoms. The van der Waals surface area contributed by atoms with Crippen LogP contribution in [0.15, 0.2) is 192 Å². The Bertz CT molecular complexity index is 3250. The summed E-state index contributed by atoms with van der Waals surface area (Å²) in [4.78, 5) is 15.5. The maximum absolute atomic E-state index is 6.75. The molecule has 4 nitrogen and oxygen atoms in total. The van der Waals surface area contributed by atoms with Crippen LogP contribution in [-0.2, 0) is 0 Å². The number of hydrogen-bond acceptors (Lipinski definition) is 4. The fourth-order valence-corrected chi connectivity index (χ4v) is 8.05. The van der Waals surface area contributed by atoms with Gasteiger partial charge in [0.05, 0.1) is 0 Å². The standard InChI is InChI=1S/C51H31N3O/c1-3-13-32(14-4-1)35-25-26-37-30-38(28-27-36(37)29-35)50-52-49(34-16-5-2-6-17-34)53-51(54-50)43-23-12-24-46-47(43)45-31-44(41-20-9-10-21-42(41)48(45)55-46)40-22-11-18-33-15-7-8-19-39(33)40/h1-31H. The van der Waals surface area contributed by atoms with Crippen LogP contribution in [0, 0.1) is 0 Å². The molecule has 0 saturated heterocycles. The van der Waals surface area contributed by atoms with Crippen LogP contribution in [0.2, 0.25) is 0 Å². The molecular formula is C51H31N3O. The Kier molecular flexibility index (Phi) is 7.14. The third-order valence-corrected chi connectivity index (χ3v) is 10.7. The molecule has 11 aromatic rings. The van der Waals surface area contributed by atoms with E-state index < -0.39 is 0 Å². The van der Waals surface area contributed by atoms with E-state index in [-0.39, 0.29) is 0 Å². The SMILES string of the molecule is c1ccc(-c2ccc3cc(-c4nc(-c5ccccc5)nc(-c5cccc6oc7c8ccccc8c(-c8cccc9ccccc89)cc7c56)n4)ccc3c2)cc1. The highest BCUT2D eigenvalue weighted by atomic mass is 16.3. The molecule has 0 aliphatic carbocycles. The highest BCUT2D eigenvalue weighted by Gasteiger charge is 2.21. The summed E-state index contributed by atoms with van der Waals surface area (Å²) in [5, 5.41) is 8.92. The summed E-state index contributed by atoms with van der Waals surface area (Å²) < 4.78 is 6.75. The fraction of sp³-hybridized carbons (Fsp3) is 0. The molecule has 4 heteroatoms. The number of fused-ring (bicyclic) bond motifs is 7. The third kappa shape index (κ3) is 5.26. The van der Waals surface area contributed by atoms with Crippen molar-refractivity contribution in [2.45, 2.75) is 0 Å². The molecule has 0 radical (unpaired) electrons. The van der Waals surface area contributed by atoms with Gasteiger partial charge in [-0.3, -0.25) is 0 Å². The van der Waals surface area contributed by atoms with Gasteiger partial charge in [0, 0.05) is 32.8 Å². The molecule has 0 spiro atoms. The van der Waals surface area contributed by atoms with E-state index in [1.54, 1.807) is 0 Å². The predicted octanol–water partition coefficient (Wildman–Crippen LogP) is 13.6. The van der Waals surface area contributed by atoms with E-state index in [0.29, 0.717) is 17.5 Å². The third-order valence-electron chi connectivity index (χ3n) is 10.7. The van der Waals surface area contributed by atoms with Gasteiger partial charge in [-0.15, -0.1) is 0 Å². The maximum Gasteiger partial charge on any atom is 0.164 e. The minimum Gasteiger partial charge on any atom is -0.455 e. The van der Waals surface area contributed by atoms with Gasteiger partial charge in [-0.25, -0.2) is 15.0 Å². The van der Waals surface area contributed by atoms with Crippen LogP contribution in [-0.4, -0.2) is 15.0 Å². The molecule has 0 atom stereocenters. The second-order valence-electron chi connectivity index (χ2n) is 14.0.